The highest BCUT2D eigenvalue weighted by molar-refractivity contribution is 5.91. The third kappa shape index (κ3) is 3.45. The van der Waals surface area contributed by atoms with E-state index in [2.05, 4.69) is 20.7 Å². The first-order valence-corrected chi connectivity index (χ1v) is 7.43. The van der Waals surface area contributed by atoms with E-state index in [1.165, 1.54) is 16.9 Å². The van der Waals surface area contributed by atoms with Crippen molar-refractivity contribution in [2.24, 2.45) is 0 Å². The van der Waals surface area contributed by atoms with Gasteiger partial charge in [0.15, 0.2) is 0 Å². The molecule has 0 saturated carbocycles. The Bertz CT molecular complexity index is 890. The number of hydrogen-bond donors (Lipinski definition) is 1. The van der Waals surface area contributed by atoms with Gasteiger partial charge in [-0.2, -0.15) is 4.80 Å². The van der Waals surface area contributed by atoms with Crippen LogP contribution in [0.4, 0.5) is 10.1 Å². The molecule has 0 aliphatic heterocycles. The number of benzene rings is 2. The average Bonchev–Trinajstić information content (AvgIpc) is 2.99. The third-order valence-electron chi connectivity index (χ3n) is 3.60. The second kappa shape index (κ2) is 6.57. The van der Waals surface area contributed by atoms with E-state index in [1.807, 2.05) is 31.2 Å². The van der Waals surface area contributed by atoms with E-state index in [1.54, 1.807) is 13.0 Å². The van der Waals surface area contributed by atoms with Gasteiger partial charge in [-0.3, -0.25) is 4.79 Å². The summed E-state index contributed by atoms with van der Waals surface area (Å²) in [7, 11) is 0. The Labute approximate surface area is 138 Å². The molecule has 3 rings (SSSR count). The van der Waals surface area contributed by atoms with Crippen LogP contribution in [-0.2, 0) is 11.3 Å². The lowest BCUT2D eigenvalue weighted by Gasteiger charge is -2.07. The fourth-order valence-corrected chi connectivity index (χ4v) is 2.29. The number of nitrogens with zero attached hydrogens (tertiary/aromatic N) is 4. The minimum absolute atomic E-state index is 0.102. The van der Waals surface area contributed by atoms with Crippen molar-refractivity contribution < 1.29 is 9.18 Å². The first-order valence-electron chi connectivity index (χ1n) is 7.43. The zero-order valence-electron chi connectivity index (χ0n) is 13.3. The quantitative estimate of drug-likeness (QED) is 0.800. The topological polar surface area (TPSA) is 72.7 Å². The Morgan fingerprint density at radius 3 is 2.75 bits per heavy atom. The van der Waals surface area contributed by atoms with Gasteiger partial charge in [-0.25, -0.2) is 4.39 Å². The van der Waals surface area contributed by atoms with Crippen molar-refractivity contribution in [1.82, 2.24) is 20.2 Å². The van der Waals surface area contributed by atoms with Crippen LogP contribution < -0.4 is 5.32 Å². The summed E-state index contributed by atoms with van der Waals surface area (Å²) in [6, 6.07) is 11.9. The number of tetrazole rings is 1. The van der Waals surface area contributed by atoms with E-state index in [0.717, 1.165) is 16.7 Å². The second-order valence-corrected chi connectivity index (χ2v) is 5.47. The van der Waals surface area contributed by atoms with Crippen LogP contribution in [0.3, 0.4) is 0 Å². The summed E-state index contributed by atoms with van der Waals surface area (Å²) in [4.78, 5) is 13.3. The lowest BCUT2D eigenvalue weighted by Crippen LogP contribution is -2.21. The Morgan fingerprint density at radius 1 is 1.17 bits per heavy atom. The van der Waals surface area contributed by atoms with Gasteiger partial charge in [0.1, 0.15) is 12.4 Å². The Balaban J connectivity index is 1.72. The number of carbonyl (C=O) groups is 1. The van der Waals surface area contributed by atoms with Gasteiger partial charge in [-0.15, -0.1) is 10.2 Å². The largest absolute Gasteiger partial charge is 0.324 e. The van der Waals surface area contributed by atoms with E-state index in [4.69, 9.17) is 0 Å². The van der Waals surface area contributed by atoms with Gasteiger partial charge in [0.25, 0.3) is 0 Å². The predicted molar refractivity (Wildman–Crippen MR) is 87.8 cm³/mol. The molecule has 0 fully saturated rings. The first kappa shape index (κ1) is 15.8. The van der Waals surface area contributed by atoms with Crippen molar-refractivity contribution in [1.29, 1.82) is 0 Å². The Kier molecular flexibility index (Phi) is 4.33. The normalized spacial score (nSPS) is 10.6. The van der Waals surface area contributed by atoms with Gasteiger partial charge in [0, 0.05) is 11.3 Å². The molecule has 0 bridgehead atoms. The van der Waals surface area contributed by atoms with Gasteiger partial charge in [0.05, 0.1) is 0 Å². The molecule has 1 heterocycles. The SMILES string of the molecule is Cc1ccc(F)cc1NC(=O)Cn1nnc(-c2ccccc2C)n1. The molecule has 122 valence electrons. The summed E-state index contributed by atoms with van der Waals surface area (Å²) in [5, 5.41) is 14.8. The number of aryl methyl sites for hydroxylation is 2. The van der Waals surface area contributed by atoms with Crippen LogP contribution in [-0.4, -0.2) is 26.1 Å². The number of rotatable bonds is 4. The van der Waals surface area contributed by atoms with Gasteiger partial charge in [-0.05, 0) is 42.3 Å². The number of anilines is 1. The minimum atomic E-state index is -0.406. The van der Waals surface area contributed by atoms with Crippen LogP contribution in [0.1, 0.15) is 11.1 Å². The summed E-state index contributed by atoms with van der Waals surface area (Å²) < 4.78 is 13.3. The van der Waals surface area contributed by atoms with Gasteiger partial charge >= 0.3 is 0 Å². The molecule has 0 aliphatic carbocycles. The van der Waals surface area contributed by atoms with Crippen molar-refractivity contribution >= 4 is 11.6 Å². The van der Waals surface area contributed by atoms with E-state index in [0.29, 0.717) is 11.5 Å². The monoisotopic (exact) mass is 325 g/mol. The molecule has 0 radical (unpaired) electrons. The van der Waals surface area contributed by atoms with Crippen molar-refractivity contribution in [3.8, 4) is 11.4 Å². The lowest BCUT2D eigenvalue weighted by atomic mass is 10.1. The fraction of sp³-hybridized carbons (Fsp3) is 0.176. The Morgan fingerprint density at radius 2 is 1.96 bits per heavy atom. The molecule has 0 atom stereocenters. The highest BCUT2D eigenvalue weighted by atomic mass is 19.1. The van der Waals surface area contributed by atoms with Crippen molar-refractivity contribution in [3.05, 3.63) is 59.4 Å². The summed E-state index contributed by atoms with van der Waals surface area (Å²) >= 11 is 0. The highest BCUT2D eigenvalue weighted by Gasteiger charge is 2.12. The molecule has 0 unspecified atom stereocenters. The Hall–Kier alpha value is -3.09. The molecule has 1 amide bonds. The van der Waals surface area contributed by atoms with Gasteiger partial charge in [-0.1, -0.05) is 30.3 Å². The van der Waals surface area contributed by atoms with Crippen LogP contribution in [0, 0.1) is 19.7 Å². The zero-order chi connectivity index (χ0) is 17.1. The van der Waals surface area contributed by atoms with E-state index >= 15 is 0 Å². The molecule has 0 spiro atoms. The number of carbonyl (C=O) groups excluding carboxylic acids is 1. The van der Waals surface area contributed by atoms with Crippen LogP contribution in [0.2, 0.25) is 0 Å². The maximum absolute atomic E-state index is 13.3. The lowest BCUT2D eigenvalue weighted by molar-refractivity contribution is -0.117. The fourth-order valence-electron chi connectivity index (χ4n) is 2.29. The molecule has 1 aromatic heterocycles. The number of nitrogens with one attached hydrogen (secondary N) is 1. The zero-order valence-corrected chi connectivity index (χ0v) is 13.3. The molecule has 7 heteroatoms. The van der Waals surface area contributed by atoms with E-state index in [9.17, 15) is 9.18 Å². The first-order chi connectivity index (χ1) is 11.5. The average molecular weight is 325 g/mol. The number of hydrogen-bond acceptors (Lipinski definition) is 4. The highest BCUT2D eigenvalue weighted by Crippen LogP contribution is 2.18. The molecule has 1 N–H and O–H groups in total. The van der Waals surface area contributed by atoms with Crippen molar-refractivity contribution in [3.63, 3.8) is 0 Å². The standard InChI is InChI=1S/C17H16FN5O/c1-11-5-3-4-6-14(11)17-20-22-23(21-17)10-16(24)19-15-9-13(18)8-7-12(15)2/h3-9H,10H2,1-2H3,(H,19,24). The molecule has 6 nitrogen and oxygen atoms in total. The summed E-state index contributed by atoms with van der Waals surface area (Å²) in [6.07, 6.45) is 0. The number of amides is 1. The van der Waals surface area contributed by atoms with Crippen molar-refractivity contribution in [2.75, 3.05) is 5.32 Å². The van der Waals surface area contributed by atoms with Gasteiger partial charge in [0.2, 0.25) is 11.7 Å². The van der Waals surface area contributed by atoms with Crippen LogP contribution in [0.5, 0.6) is 0 Å². The molecular formula is C17H16FN5O. The van der Waals surface area contributed by atoms with Crippen LogP contribution in [0.25, 0.3) is 11.4 Å². The second-order valence-electron chi connectivity index (χ2n) is 5.47. The minimum Gasteiger partial charge on any atom is -0.324 e. The van der Waals surface area contributed by atoms with Gasteiger partial charge < -0.3 is 5.32 Å². The van der Waals surface area contributed by atoms with E-state index < -0.39 is 5.82 Å². The molecular weight excluding hydrogens is 309 g/mol. The maximum Gasteiger partial charge on any atom is 0.248 e. The molecule has 3 aromatic rings. The van der Waals surface area contributed by atoms with Crippen LogP contribution in [0.15, 0.2) is 42.5 Å². The predicted octanol–water partition coefficient (Wildman–Crippen LogP) is 2.73. The van der Waals surface area contributed by atoms with E-state index in [-0.39, 0.29) is 12.5 Å². The summed E-state index contributed by atoms with van der Waals surface area (Å²) in [6.45, 7) is 3.64. The molecule has 24 heavy (non-hydrogen) atoms. The smallest absolute Gasteiger partial charge is 0.248 e. The molecule has 0 aliphatic rings. The van der Waals surface area contributed by atoms with Crippen LogP contribution >= 0.6 is 0 Å². The number of halogens is 1. The number of aromatic nitrogens is 4. The third-order valence-corrected chi connectivity index (χ3v) is 3.60. The summed E-state index contributed by atoms with van der Waals surface area (Å²) in [5.74, 6) is -0.295. The summed E-state index contributed by atoms with van der Waals surface area (Å²) in [5.41, 5.74) is 3.10. The maximum atomic E-state index is 13.3. The molecule has 0 saturated heterocycles. The molecule has 2 aromatic carbocycles. The van der Waals surface area contributed by atoms with Crippen molar-refractivity contribution in [2.45, 2.75) is 20.4 Å².